The van der Waals surface area contributed by atoms with Gasteiger partial charge in [0.05, 0.1) is 0 Å². The first-order chi connectivity index (χ1) is 7.88. The first-order valence-corrected chi connectivity index (χ1v) is 6.04. The second-order valence-corrected chi connectivity index (χ2v) is 5.42. The highest BCUT2D eigenvalue weighted by Crippen LogP contribution is 2.18. The van der Waals surface area contributed by atoms with E-state index in [1.54, 1.807) is 0 Å². The summed E-state index contributed by atoms with van der Waals surface area (Å²) in [5, 5.41) is 3.39. The zero-order valence-electron chi connectivity index (χ0n) is 11.6. The van der Waals surface area contributed by atoms with Crippen molar-refractivity contribution >= 4 is 5.69 Å². The van der Waals surface area contributed by atoms with E-state index < -0.39 is 0 Å². The van der Waals surface area contributed by atoms with Gasteiger partial charge >= 0.3 is 0 Å². The molecule has 0 fully saturated rings. The van der Waals surface area contributed by atoms with Crippen LogP contribution >= 0.6 is 0 Å². The maximum Gasteiger partial charge on any atom is 0.121 e. The molecule has 0 bridgehead atoms. The highest BCUT2D eigenvalue weighted by atomic mass is 16.5. The summed E-state index contributed by atoms with van der Waals surface area (Å²) in [6, 6.07) is 8.13. The van der Waals surface area contributed by atoms with Crippen LogP contribution in [0.4, 0.5) is 5.69 Å². The molecule has 1 aromatic rings. The largest absolute Gasteiger partial charge is 0.492 e. The van der Waals surface area contributed by atoms with Crippen molar-refractivity contribution in [1.29, 1.82) is 0 Å². The van der Waals surface area contributed by atoms with Crippen LogP contribution < -0.4 is 15.0 Å². The Hall–Kier alpha value is -1.22. The van der Waals surface area contributed by atoms with Gasteiger partial charge in [0.2, 0.25) is 0 Å². The molecule has 0 amide bonds. The molecule has 0 aliphatic carbocycles. The molecule has 3 heteroatoms. The molecular weight excluding hydrogens is 212 g/mol. The standard InChI is InChI=1S/C14H24N2O/c1-14(2,3)15-9-10-17-13-8-6-7-12(11-13)16(4)5/h6-8,11,15H,9-10H2,1-5H3. The number of hydrogen-bond donors (Lipinski definition) is 1. The Bertz CT molecular complexity index is 342. The summed E-state index contributed by atoms with van der Waals surface area (Å²) in [6.07, 6.45) is 0. The quantitative estimate of drug-likeness (QED) is 0.795. The number of hydrogen-bond acceptors (Lipinski definition) is 3. The highest BCUT2D eigenvalue weighted by molar-refractivity contribution is 5.49. The minimum atomic E-state index is 0.148. The lowest BCUT2D eigenvalue weighted by Gasteiger charge is -2.20. The van der Waals surface area contributed by atoms with Gasteiger partial charge in [-0.25, -0.2) is 0 Å². The molecule has 1 rings (SSSR count). The molecule has 0 atom stereocenters. The van der Waals surface area contributed by atoms with E-state index in [0.717, 1.165) is 18.0 Å². The maximum atomic E-state index is 5.70. The molecule has 0 aliphatic heterocycles. The molecule has 0 unspecified atom stereocenters. The fraction of sp³-hybridized carbons (Fsp3) is 0.571. The van der Waals surface area contributed by atoms with E-state index in [1.165, 1.54) is 0 Å². The fourth-order valence-corrected chi connectivity index (χ4v) is 1.45. The van der Waals surface area contributed by atoms with E-state index in [4.69, 9.17) is 4.74 Å². The average Bonchev–Trinajstić information content (AvgIpc) is 2.23. The second-order valence-electron chi connectivity index (χ2n) is 5.42. The summed E-state index contributed by atoms with van der Waals surface area (Å²) < 4.78 is 5.70. The first kappa shape index (κ1) is 13.8. The van der Waals surface area contributed by atoms with Crippen molar-refractivity contribution in [2.24, 2.45) is 0 Å². The first-order valence-electron chi connectivity index (χ1n) is 6.04. The molecule has 96 valence electrons. The van der Waals surface area contributed by atoms with Crippen LogP contribution in [0.2, 0.25) is 0 Å². The van der Waals surface area contributed by atoms with Gasteiger partial charge in [0.15, 0.2) is 0 Å². The normalized spacial score (nSPS) is 11.4. The lowest BCUT2D eigenvalue weighted by atomic mass is 10.1. The van der Waals surface area contributed by atoms with Crippen LogP contribution in [0.1, 0.15) is 20.8 Å². The summed E-state index contributed by atoms with van der Waals surface area (Å²) >= 11 is 0. The second kappa shape index (κ2) is 5.92. The van der Waals surface area contributed by atoms with Crippen LogP contribution in [0.25, 0.3) is 0 Å². The molecule has 17 heavy (non-hydrogen) atoms. The van der Waals surface area contributed by atoms with Crippen molar-refractivity contribution in [3.05, 3.63) is 24.3 Å². The molecule has 0 saturated heterocycles. The number of rotatable bonds is 5. The summed E-state index contributed by atoms with van der Waals surface area (Å²) in [6.45, 7) is 8.00. The Morgan fingerprint density at radius 1 is 1.24 bits per heavy atom. The minimum Gasteiger partial charge on any atom is -0.492 e. The summed E-state index contributed by atoms with van der Waals surface area (Å²) in [7, 11) is 4.06. The number of ether oxygens (including phenoxy) is 1. The van der Waals surface area contributed by atoms with Crippen LogP contribution in [0, 0.1) is 0 Å². The van der Waals surface area contributed by atoms with Crippen molar-refractivity contribution in [2.75, 3.05) is 32.1 Å². The topological polar surface area (TPSA) is 24.5 Å². The Balaban J connectivity index is 2.39. The molecule has 0 heterocycles. The number of nitrogens with one attached hydrogen (secondary N) is 1. The van der Waals surface area contributed by atoms with Crippen molar-refractivity contribution in [3.8, 4) is 5.75 Å². The van der Waals surface area contributed by atoms with Gasteiger partial charge in [-0.3, -0.25) is 0 Å². The molecule has 0 saturated carbocycles. The smallest absolute Gasteiger partial charge is 0.121 e. The third-order valence-corrected chi connectivity index (χ3v) is 2.36. The van der Waals surface area contributed by atoms with E-state index in [9.17, 15) is 0 Å². The van der Waals surface area contributed by atoms with E-state index in [1.807, 2.05) is 26.2 Å². The zero-order chi connectivity index (χ0) is 12.9. The average molecular weight is 236 g/mol. The SMILES string of the molecule is CN(C)c1cccc(OCCNC(C)(C)C)c1. The van der Waals surface area contributed by atoms with Gasteiger partial charge in [-0.05, 0) is 32.9 Å². The van der Waals surface area contributed by atoms with Crippen LogP contribution in [0.5, 0.6) is 5.75 Å². The fourth-order valence-electron chi connectivity index (χ4n) is 1.45. The van der Waals surface area contributed by atoms with Crippen LogP contribution in [-0.4, -0.2) is 32.8 Å². The Morgan fingerprint density at radius 2 is 1.94 bits per heavy atom. The third kappa shape index (κ3) is 5.59. The zero-order valence-corrected chi connectivity index (χ0v) is 11.6. The van der Waals surface area contributed by atoms with Gasteiger partial charge in [-0.2, -0.15) is 0 Å². The number of nitrogens with zero attached hydrogens (tertiary/aromatic N) is 1. The lowest BCUT2D eigenvalue weighted by molar-refractivity contribution is 0.291. The molecule has 1 N–H and O–H groups in total. The third-order valence-electron chi connectivity index (χ3n) is 2.36. The van der Waals surface area contributed by atoms with Crippen molar-refractivity contribution < 1.29 is 4.74 Å². The predicted molar refractivity (Wildman–Crippen MR) is 74.0 cm³/mol. The van der Waals surface area contributed by atoms with Crippen molar-refractivity contribution in [3.63, 3.8) is 0 Å². The monoisotopic (exact) mass is 236 g/mol. The van der Waals surface area contributed by atoms with Crippen LogP contribution in [-0.2, 0) is 0 Å². The minimum absolute atomic E-state index is 0.148. The summed E-state index contributed by atoms with van der Waals surface area (Å²) in [5.74, 6) is 0.923. The number of benzene rings is 1. The molecule has 0 spiro atoms. The van der Waals surface area contributed by atoms with E-state index >= 15 is 0 Å². The van der Waals surface area contributed by atoms with Gasteiger partial charge in [-0.15, -0.1) is 0 Å². The highest BCUT2D eigenvalue weighted by Gasteiger charge is 2.07. The molecule has 0 aliphatic rings. The molecular formula is C14H24N2O. The van der Waals surface area contributed by atoms with Crippen LogP contribution in [0.15, 0.2) is 24.3 Å². The summed E-state index contributed by atoms with van der Waals surface area (Å²) in [4.78, 5) is 2.07. The molecule has 3 nitrogen and oxygen atoms in total. The molecule has 0 radical (unpaired) electrons. The number of anilines is 1. The van der Waals surface area contributed by atoms with Gasteiger partial charge in [0.1, 0.15) is 12.4 Å². The molecule has 0 aromatic heterocycles. The Morgan fingerprint density at radius 3 is 2.53 bits per heavy atom. The predicted octanol–water partition coefficient (Wildman–Crippen LogP) is 2.52. The van der Waals surface area contributed by atoms with E-state index in [2.05, 4.69) is 43.1 Å². The van der Waals surface area contributed by atoms with Gasteiger partial charge in [0.25, 0.3) is 0 Å². The van der Waals surface area contributed by atoms with Crippen LogP contribution in [0.3, 0.4) is 0 Å². The maximum absolute atomic E-state index is 5.70. The van der Waals surface area contributed by atoms with Crippen molar-refractivity contribution in [2.45, 2.75) is 26.3 Å². The van der Waals surface area contributed by atoms with Gasteiger partial charge in [0, 0.05) is 37.9 Å². The molecule has 1 aromatic carbocycles. The lowest BCUT2D eigenvalue weighted by Crippen LogP contribution is -2.38. The van der Waals surface area contributed by atoms with Gasteiger partial charge < -0.3 is 15.0 Å². The van der Waals surface area contributed by atoms with E-state index in [0.29, 0.717) is 6.61 Å². The van der Waals surface area contributed by atoms with E-state index in [-0.39, 0.29) is 5.54 Å². The Labute approximate surface area is 105 Å². The Kier molecular flexibility index (Phi) is 4.82. The van der Waals surface area contributed by atoms with Crippen molar-refractivity contribution in [1.82, 2.24) is 5.32 Å². The van der Waals surface area contributed by atoms with Gasteiger partial charge in [-0.1, -0.05) is 6.07 Å². The summed E-state index contributed by atoms with van der Waals surface area (Å²) in [5.41, 5.74) is 1.31.